The largest absolute Gasteiger partial charge is 0.481 e. The van der Waals surface area contributed by atoms with Gasteiger partial charge in [0.15, 0.2) is 0 Å². The number of aliphatic carboxylic acids is 1. The molecule has 2 aromatic heterocycles. The summed E-state index contributed by atoms with van der Waals surface area (Å²) in [5.41, 5.74) is 0. The van der Waals surface area contributed by atoms with Crippen LogP contribution in [0.2, 0.25) is 0 Å². The van der Waals surface area contributed by atoms with Crippen LogP contribution in [-0.4, -0.2) is 38.9 Å². The lowest BCUT2D eigenvalue weighted by molar-refractivity contribution is -0.137. The van der Waals surface area contributed by atoms with Gasteiger partial charge in [0.25, 0.3) is 10.0 Å². The minimum absolute atomic E-state index is 0.0497. The molecule has 2 heterocycles. The van der Waals surface area contributed by atoms with E-state index in [1.807, 2.05) is 0 Å². The third kappa shape index (κ3) is 3.48. The molecule has 0 amide bonds. The number of hydrogen-bond acceptors (Lipinski definition) is 7. The molecule has 2 N–H and O–H groups in total. The maximum Gasteiger partial charge on any atom is 0.305 e. The highest BCUT2D eigenvalue weighted by Crippen LogP contribution is 2.16. The van der Waals surface area contributed by atoms with Crippen LogP contribution in [0.4, 0.5) is 5.00 Å². The molecule has 0 bridgehead atoms. The Labute approximate surface area is 112 Å². The smallest absolute Gasteiger partial charge is 0.305 e. The summed E-state index contributed by atoms with van der Waals surface area (Å²) in [6.07, 6.45) is 3.57. The summed E-state index contributed by atoms with van der Waals surface area (Å²) < 4.78 is 30.9. The summed E-state index contributed by atoms with van der Waals surface area (Å²) in [6, 6.07) is 0. The Morgan fingerprint density at radius 2 is 2.26 bits per heavy atom. The number of carboxylic acids is 1. The second-order valence-corrected chi connectivity index (χ2v) is 5.94. The van der Waals surface area contributed by atoms with E-state index in [-0.39, 0.29) is 17.9 Å². The van der Waals surface area contributed by atoms with Gasteiger partial charge in [-0.25, -0.2) is 8.42 Å². The van der Waals surface area contributed by atoms with Gasteiger partial charge < -0.3 is 5.11 Å². The van der Waals surface area contributed by atoms with E-state index in [9.17, 15) is 13.2 Å². The number of aryl methyl sites for hydroxylation is 1. The Kier molecular flexibility index (Phi) is 3.76. The summed E-state index contributed by atoms with van der Waals surface area (Å²) in [6.45, 7) is 0.104. The van der Waals surface area contributed by atoms with Crippen molar-refractivity contribution in [1.29, 1.82) is 0 Å². The van der Waals surface area contributed by atoms with E-state index < -0.39 is 16.0 Å². The Balaban J connectivity index is 2.10. The van der Waals surface area contributed by atoms with Crippen molar-refractivity contribution in [3.8, 4) is 0 Å². The Bertz CT molecular complexity index is 663. The zero-order valence-electron chi connectivity index (χ0n) is 9.42. The maximum absolute atomic E-state index is 11.9. The number of rotatable bonds is 6. The van der Waals surface area contributed by atoms with Crippen LogP contribution in [-0.2, 0) is 21.4 Å². The quantitative estimate of drug-likeness (QED) is 0.769. The summed E-state index contributed by atoms with van der Waals surface area (Å²) in [5.74, 6) is -0.978. The number of aromatic nitrogens is 4. The van der Waals surface area contributed by atoms with Gasteiger partial charge in [-0.15, -0.1) is 5.10 Å². The van der Waals surface area contributed by atoms with Crippen LogP contribution < -0.4 is 4.72 Å². The minimum atomic E-state index is -3.75. The fraction of sp³-hybridized carbons (Fsp3) is 0.250. The predicted octanol–water partition coefficient (Wildman–Crippen LogP) is 0.0101. The van der Waals surface area contributed by atoms with Crippen molar-refractivity contribution in [3.05, 3.63) is 18.6 Å². The zero-order chi connectivity index (χ0) is 13.9. The number of hydrogen-bond donors (Lipinski definition) is 2. The SMILES string of the molecule is O=C(O)CCn1cc(S(=O)(=O)Nc2cnns2)cn1. The number of carbonyl (C=O) groups is 1. The van der Waals surface area contributed by atoms with Gasteiger partial charge in [-0.2, -0.15) is 5.10 Å². The average molecular weight is 303 g/mol. The molecule has 9 nitrogen and oxygen atoms in total. The number of sulfonamides is 1. The van der Waals surface area contributed by atoms with Crippen LogP contribution in [0.25, 0.3) is 0 Å². The van der Waals surface area contributed by atoms with E-state index in [4.69, 9.17) is 5.11 Å². The molecule has 11 heteroatoms. The van der Waals surface area contributed by atoms with E-state index >= 15 is 0 Å². The molecule has 19 heavy (non-hydrogen) atoms. The highest BCUT2D eigenvalue weighted by molar-refractivity contribution is 7.93. The van der Waals surface area contributed by atoms with Crippen LogP contribution in [0.5, 0.6) is 0 Å². The summed E-state index contributed by atoms with van der Waals surface area (Å²) in [5, 5.41) is 16.1. The first-order valence-electron chi connectivity index (χ1n) is 5.02. The zero-order valence-corrected chi connectivity index (χ0v) is 11.1. The molecule has 0 aliphatic rings. The van der Waals surface area contributed by atoms with Crippen LogP contribution >= 0.6 is 11.5 Å². The van der Waals surface area contributed by atoms with Gasteiger partial charge in [-0.3, -0.25) is 14.2 Å². The van der Waals surface area contributed by atoms with E-state index in [1.54, 1.807) is 0 Å². The lowest BCUT2D eigenvalue weighted by Gasteiger charge is -2.01. The fourth-order valence-electron chi connectivity index (χ4n) is 1.22. The first-order valence-corrected chi connectivity index (χ1v) is 7.27. The molecular weight excluding hydrogens is 294 g/mol. The van der Waals surface area contributed by atoms with Crippen molar-refractivity contribution in [2.24, 2.45) is 0 Å². The summed E-state index contributed by atoms with van der Waals surface area (Å²) in [7, 11) is -3.75. The van der Waals surface area contributed by atoms with Crippen molar-refractivity contribution in [1.82, 2.24) is 19.4 Å². The lowest BCUT2D eigenvalue weighted by atomic mass is 10.4. The molecule has 2 rings (SSSR count). The van der Waals surface area contributed by atoms with Gasteiger partial charge in [0.2, 0.25) is 0 Å². The number of carboxylic acid groups (broad SMARTS) is 1. The predicted molar refractivity (Wildman–Crippen MR) is 65.2 cm³/mol. The number of anilines is 1. The molecule has 0 radical (unpaired) electrons. The summed E-state index contributed by atoms with van der Waals surface area (Å²) in [4.78, 5) is 10.4. The average Bonchev–Trinajstić information content (AvgIpc) is 2.96. The van der Waals surface area contributed by atoms with Gasteiger partial charge in [0.05, 0.1) is 25.4 Å². The molecule has 0 unspecified atom stereocenters. The normalized spacial score (nSPS) is 11.4. The molecule has 0 saturated heterocycles. The van der Waals surface area contributed by atoms with Gasteiger partial charge >= 0.3 is 5.97 Å². The molecular formula is C8H9N5O4S2. The molecule has 0 aliphatic carbocycles. The highest BCUT2D eigenvalue weighted by Gasteiger charge is 2.17. The molecule has 0 aliphatic heterocycles. The third-order valence-electron chi connectivity index (χ3n) is 2.07. The molecule has 102 valence electrons. The van der Waals surface area contributed by atoms with E-state index in [0.29, 0.717) is 5.00 Å². The van der Waals surface area contributed by atoms with Crippen LogP contribution in [0.1, 0.15) is 6.42 Å². The first kappa shape index (κ1) is 13.4. The van der Waals surface area contributed by atoms with Gasteiger partial charge in [0.1, 0.15) is 9.90 Å². The maximum atomic E-state index is 11.9. The van der Waals surface area contributed by atoms with Gasteiger partial charge in [-0.1, -0.05) is 4.49 Å². The molecule has 0 aromatic carbocycles. The minimum Gasteiger partial charge on any atom is -0.481 e. The Morgan fingerprint density at radius 1 is 1.47 bits per heavy atom. The molecule has 0 fully saturated rings. The Morgan fingerprint density at radius 3 is 2.89 bits per heavy atom. The van der Waals surface area contributed by atoms with E-state index in [2.05, 4.69) is 19.4 Å². The van der Waals surface area contributed by atoms with Crippen molar-refractivity contribution in [2.45, 2.75) is 17.9 Å². The summed E-state index contributed by atoms with van der Waals surface area (Å²) >= 11 is 0.909. The van der Waals surface area contributed by atoms with Crippen LogP contribution in [0.3, 0.4) is 0 Å². The standard InChI is InChI=1S/C8H9N5O4S2/c14-8(15)1-2-13-5-6(3-10-13)19(16,17)11-7-4-9-12-18-7/h3-5,11H,1-2H2,(H,14,15). The molecule has 2 aromatic rings. The van der Waals surface area contributed by atoms with E-state index in [0.717, 1.165) is 17.7 Å². The highest BCUT2D eigenvalue weighted by atomic mass is 32.2. The van der Waals surface area contributed by atoms with Crippen molar-refractivity contribution in [3.63, 3.8) is 0 Å². The third-order valence-corrected chi connectivity index (χ3v) is 4.10. The van der Waals surface area contributed by atoms with Crippen molar-refractivity contribution >= 4 is 32.5 Å². The van der Waals surface area contributed by atoms with Crippen LogP contribution in [0.15, 0.2) is 23.5 Å². The topological polar surface area (TPSA) is 127 Å². The molecule has 0 atom stereocenters. The van der Waals surface area contributed by atoms with Crippen LogP contribution in [0, 0.1) is 0 Å². The fourth-order valence-corrected chi connectivity index (χ4v) is 2.86. The first-order chi connectivity index (χ1) is 8.97. The monoisotopic (exact) mass is 303 g/mol. The van der Waals surface area contributed by atoms with Crippen molar-refractivity contribution in [2.75, 3.05) is 4.72 Å². The van der Waals surface area contributed by atoms with Crippen molar-refractivity contribution < 1.29 is 18.3 Å². The number of nitrogens with one attached hydrogen (secondary N) is 1. The second-order valence-electron chi connectivity index (χ2n) is 3.47. The number of nitrogens with zero attached hydrogens (tertiary/aromatic N) is 4. The molecule has 0 spiro atoms. The van der Waals surface area contributed by atoms with Gasteiger partial charge in [0, 0.05) is 17.7 Å². The molecule has 0 saturated carbocycles. The second kappa shape index (κ2) is 5.32. The lowest BCUT2D eigenvalue weighted by Crippen LogP contribution is -2.11. The van der Waals surface area contributed by atoms with E-state index in [1.165, 1.54) is 17.1 Å². The van der Waals surface area contributed by atoms with Gasteiger partial charge in [-0.05, 0) is 0 Å². The Hall–Kier alpha value is -2.01.